The smallest absolute Gasteiger partial charge is 0.272 e. The molecule has 9 heteroatoms. The lowest BCUT2D eigenvalue weighted by atomic mass is 10.1. The SMILES string of the molecule is O=C(NN=Cc1ccc(-c2cccc([N+](=O)[O-])c2)o1)c1cncc(Br)c1. The molecular formula is C17H11BrN4O4. The molecule has 2 heterocycles. The maximum Gasteiger partial charge on any atom is 0.272 e. The van der Waals surface area contributed by atoms with Gasteiger partial charge < -0.3 is 4.42 Å². The van der Waals surface area contributed by atoms with Gasteiger partial charge in [-0.1, -0.05) is 12.1 Å². The summed E-state index contributed by atoms with van der Waals surface area (Å²) in [5, 5.41) is 14.7. The van der Waals surface area contributed by atoms with Gasteiger partial charge in [0.15, 0.2) is 0 Å². The van der Waals surface area contributed by atoms with Crippen molar-refractivity contribution in [3.8, 4) is 11.3 Å². The van der Waals surface area contributed by atoms with Gasteiger partial charge >= 0.3 is 0 Å². The maximum atomic E-state index is 11.9. The van der Waals surface area contributed by atoms with E-state index < -0.39 is 10.8 Å². The molecule has 2 aromatic heterocycles. The molecule has 0 saturated heterocycles. The van der Waals surface area contributed by atoms with Crippen LogP contribution in [0.4, 0.5) is 5.69 Å². The van der Waals surface area contributed by atoms with E-state index in [0.29, 0.717) is 27.1 Å². The number of furan rings is 1. The molecule has 1 N–H and O–H groups in total. The molecule has 0 fully saturated rings. The van der Waals surface area contributed by atoms with Crippen molar-refractivity contribution in [1.29, 1.82) is 0 Å². The van der Waals surface area contributed by atoms with Gasteiger partial charge in [0, 0.05) is 34.6 Å². The van der Waals surface area contributed by atoms with Crippen molar-refractivity contribution in [3.05, 3.63) is 80.8 Å². The van der Waals surface area contributed by atoms with Gasteiger partial charge in [-0.2, -0.15) is 5.10 Å². The number of halogens is 1. The highest BCUT2D eigenvalue weighted by Crippen LogP contribution is 2.25. The number of amides is 1. The van der Waals surface area contributed by atoms with Crippen molar-refractivity contribution in [2.75, 3.05) is 0 Å². The lowest BCUT2D eigenvalue weighted by Crippen LogP contribution is -2.17. The molecule has 0 bridgehead atoms. The van der Waals surface area contributed by atoms with Crippen LogP contribution >= 0.6 is 15.9 Å². The normalized spacial score (nSPS) is 10.8. The Hall–Kier alpha value is -3.33. The van der Waals surface area contributed by atoms with E-state index in [4.69, 9.17) is 4.42 Å². The van der Waals surface area contributed by atoms with E-state index in [0.717, 1.165) is 0 Å². The van der Waals surface area contributed by atoms with Gasteiger partial charge in [0.25, 0.3) is 11.6 Å². The zero-order chi connectivity index (χ0) is 18.5. The minimum Gasteiger partial charge on any atom is -0.455 e. The van der Waals surface area contributed by atoms with E-state index in [2.05, 4.69) is 31.4 Å². The molecule has 0 saturated carbocycles. The second-order valence-electron chi connectivity index (χ2n) is 5.10. The van der Waals surface area contributed by atoms with Crippen LogP contribution in [0, 0.1) is 10.1 Å². The number of nitrogens with one attached hydrogen (secondary N) is 1. The van der Waals surface area contributed by atoms with Crippen LogP contribution in [0.15, 0.2) is 68.8 Å². The number of nitro groups is 1. The third-order valence-corrected chi connectivity index (χ3v) is 3.73. The maximum absolute atomic E-state index is 11.9. The number of hydrazone groups is 1. The minimum absolute atomic E-state index is 0.0241. The monoisotopic (exact) mass is 414 g/mol. The van der Waals surface area contributed by atoms with E-state index >= 15 is 0 Å². The van der Waals surface area contributed by atoms with Crippen LogP contribution in [0.3, 0.4) is 0 Å². The molecule has 3 rings (SSSR count). The van der Waals surface area contributed by atoms with E-state index in [-0.39, 0.29) is 5.69 Å². The highest BCUT2D eigenvalue weighted by molar-refractivity contribution is 9.10. The number of pyridine rings is 1. The zero-order valence-corrected chi connectivity index (χ0v) is 14.7. The third kappa shape index (κ3) is 4.19. The van der Waals surface area contributed by atoms with Crippen molar-refractivity contribution in [2.24, 2.45) is 5.10 Å². The number of nitro benzene ring substituents is 1. The Kier molecular flexibility index (Phi) is 5.18. The number of carbonyl (C=O) groups excluding carboxylic acids is 1. The van der Waals surface area contributed by atoms with Gasteiger partial charge in [-0.25, -0.2) is 5.43 Å². The molecule has 26 heavy (non-hydrogen) atoms. The number of aromatic nitrogens is 1. The zero-order valence-electron chi connectivity index (χ0n) is 13.1. The fourth-order valence-electron chi connectivity index (χ4n) is 2.11. The number of carbonyl (C=O) groups is 1. The average Bonchev–Trinajstić information content (AvgIpc) is 3.10. The fourth-order valence-corrected chi connectivity index (χ4v) is 2.47. The topological polar surface area (TPSA) is 111 Å². The first-order valence-corrected chi connectivity index (χ1v) is 8.11. The van der Waals surface area contributed by atoms with Crippen molar-refractivity contribution < 1.29 is 14.1 Å². The molecule has 3 aromatic rings. The van der Waals surface area contributed by atoms with Crippen LogP contribution in [0.5, 0.6) is 0 Å². The minimum atomic E-state index is -0.471. The first-order chi connectivity index (χ1) is 12.5. The first-order valence-electron chi connectivity index (χ1n) is 7.31. The molecule has 1 amide bonds. The summed E-state index contributed by atoms with van der Waals surface area (Å²) in [6.07, 6.45) is 4.32. The molecule has 0 aliphatic heterocycles. The van der Waals surface area contributed by atoms with E-state index in [1.165, 1.54) is 24.5 Å². The summed E-state index contributed by atoms with van der Waals surface area (Å²) in [7, 11) is 0. The van der Waals surface area contributed by atoms with Gasteiger partial charge in [-0.15, -0.1) is 0 Å². The van der Waals surface area contributed by atoms with Gasteiger partial charge in [0.05, 0.1) is 16.7 Å². The van der Waals surface area contributed by atoms with Gasteiger partial charge in [0.1, 0.15) is 11.5 Å². The number of hydrogen-bond donors (Lipinski definition) is 1. The summed E-state index contributed by atoms with van der Waals surface area (Å²) in [6, 6.07) is 11.0. The molecule has 0 aliphatic rings. The summed E-state index contributed by atoms with van der Waals surface area (Å²) in [5.74, 6) is 0.428. The number of hydrogen-bond acceptors (Lipinski definition) is 6. The second-order valence-corrected chi connectivity index (χ2v) is 6.02. The molecule has 0 aliphatic carbocycles. The van der Waals surface area contributed by atoms with Crippen molar-refractivity contribution in [3.63, 3.8) is 0 Å². The molecule has 8 nitrogen and oxygen atoms in total. The second kappa shape index (κ2) is 7.70. The lowest BCUT2D eigenvalue weighted by molar-refractivity contribution is -0.384. The number of benzene rings is 1. The van der Waals surface area contributed by atoms with E-state index in [9.17, 15) is 14.9 Å². The first kappa shape index (κ1) is 17.5. The summed E-state index contributed by atoms with van der Waals surface area (Å²) in [6.45, 7) is 0. The summed E-state index contributed by atoms with van der Waals surface area (Å²) in [5.41, 5.74) is 3.27. The standard InChI is InChI=1S/C17H11BrN4O4/c18-13-6-12(8-19-9-13)17(23)21-20-10-15-4-5-16(26-15)11-2-1-3-14(7-11)22(24)25/h1-10H,(H,21,23). The highest BCUT2D eigenvalue weighted by atomic mass is 79.9. The quantitative estimate of drug-likeness (QED) is 0.387. The predicted octanol–water partition coefficient (Wildman–Crippen LogP) is 3.78. The number of non-ortho nitro benzene ring substituents is 1. The van der Waals surface area contributed by atoms with Gasteiger partial charge in [-0.3, -0.25) is 19.9 Å². The Balaban J connectivity index is 1.68. The van der Waals surface area contributed by atoms with Crippen LogP contribution in [0.2, 0.25) is 0 Å². The predicted molar refractivity (Wildman–Crippen MR) is 97.8 cm³/mol. The Morgan fingerprint density at radius 2 is 2.12 bits per heavy atom. The summed E-state index contributed by atoms with van der Waals surface area (Å²) >= 11 is 3.24. The number of nitrogens with zero attached hydrogens (tertiary/aromatic N) is 3. The third-order valence-electron chi connectivity index (χ3n) is 3.29. The van der Waals surface area contributed by atoms with Crippen molar-refractivity contribution in [1.82, 2.24) is 10.4 Å². The van der Waals surface area contributed by atoms with Crippen LogP contribution in [-0.4, -0.2) is 22.0 Å². The molecule has 130 valence electrons. The fraction of sp³-hybridized carbons (Fsp3) is 0. The molecule has 1 aromatic carbocycles. The van der Waals surface area contributed by atoms with Crippen LogP contribution in [0.1, 0.15) is 16.1 Å². The molecular weight excluding hydrogens is 404 g/mol. The van der Waals surface area contributed by atoms with Gasteiger partial charge in [-0.05, 0) is 34.1 Å². The van der Waals surface area contributed by atoms with E-state index in [1.54, 1.807) is 36.5 Å². The Bertz CT molecular complexity index is 1000. The van der Waals surface area contributed by atoms with E-state index in [1.807, 2.05) is 0 Å². The van der Waals surface area contributed by atoms with Crippen LogP contribution < -0.4 is 5.43 Å². The Morgan fingerprint density at radius 3 is 2.88 bits per heavy atom. The van der Waals surface area contributed by atoms with Gasteiger partial charge in [0.2, 0.25) is 0 Å². The largest absolute Gasteiger partial charge is 0.455 e. The van der Waals surface area contributed by atoms with Crippen LogP contribution in [0.25, 0.3) is 11.3 Å². The van der Waals surface area contributed by atoms with Crippen molar-refractivity contribution >= 4 is 33.7 Å². The summed E-state index contributed by atoms with van der Waals surface area (Å²) in [4.78, 5) is 26.2. The lowest BCUT2D eigenvalue weighted by Gasteiger charge is -1.99. The molecule has 0 radical (unpaired) electrons. The molecule has 0 spiro atoms. The summed E-state index contributed by atoms with van der Waals surface area (Å²) < 4.78 is 6.25. The highest BCUT2D eigenvalue weighted by Gasteiger charge is 2.10. The molecule has 0 atom stereocenters. The average molecular weight is 415 g/mol. The molecule has 0 unspecified atom stereocenters. The number of rotatable bonds is 5. The van der Waals surface area contributed by atoms with Crippen molar-refractivity contribution in [2.45, 2.75) is 0 Å². The van der Waals surface area contributed by atoms with Crippen LogP contribution in [-0.2, 0) is 0 Å². The Morgan fingerprint density at radius 1 is 1.27 bits per heavy atom. The Labute approximate surface area is 155 Å².